The van der Waals surface area contributed by atoms with Gasteiger partial charge in [-0.2, -0.15) is 0 Å². The van der Waals surface area contributed by atoms with Crippen LogP contribution in [-0.2, 0) is 4.79 Å². The van der Waals surface area contributed by atoms with Crippen molar-refractivity contribution in [3.05, 3.63) is 0 Å². The van der Waals surface area contributed by atoms with Gasteiger partial charge in [0.1, 0.15) is 0 Å². The minimum absolute atomic E-state index is 0.231. The summed E-state index contributed by atoms with van der Waals surface area (Å²) in [5.41, 5.74) is -0.231. The molecule has 1 aliphatic carbocycles. The molecule has 1 heterocycles. The van der Waals surface area contributed by atoms with Crippen LogP contribution in [0.2, 0.25) is 0 Å². The molecule has 98 valence electrons. The van der Waals surface area contributed by atoms with E-state index in [1.165, 1.54) is 19.3 Å². The van der Waals surface area contributed by atoms with Crippen molar-refractivity contribution >= 4 is 5.91 Å². The van der Waals surface area contributed by atoms with E-state index in [4.69, 9.17) is 0 Å². The minimum atomic E-state index is -0.231. The predicted octanol–water partition coefficient (Wildman–Crippen LogP) is 1.78. The van der Waals surface area contributed by atoms with E-state index in [0.29, 0.717) is 5.92 Å². The Hall–Kier alpha value is -0.570. The normalized spacial score (nSPS) is 33.2. The standard InChI is InChI=1S/C14H26N2O/c1-10-7-11(10)8-16-13(17)14(2,3)12-5-4-6-15-9-12/h10-12,15H,4-9H2,1-3H3,(H,16,17). The molecule has 1 saturated carbocycles. The largest absolute Gasteiger partial charge is 0.355 e. The van der Waals surface area contributed by atoms with E-state index in [1.807, 2.05) is 0 Å². The first-order valence-electron chi connectivity index (χ1n) is 7.01. The van der Waals surface area contributed by atoms with Crippen molar-refractivity contribution in [1.29, 1.82) is 0 Å². The Morgan fingerprint density at radius 3 is 2.71 bits per heavy atom. The monoisotopic (exact) mass is 238 g/mol. The van der Waals surface area contributed by atoms with Crippen LogP contribution in [0.5, 0.6) is 0 Å². The van der Waals surface area contributed by atoms with E-state index >= 15 is 0 Å². The van der Waals surface area contributed by atoms with Gasteiger partial charge >= 0.3 is 0 Å². The molecule has 3 heteroatoms. The van der Waals surface area contributed by atoms with Crippen molar-refractivity contribution in [2.75, 3.05) is 19.6 Å². The molecule has 3 atom stereocenters. The Balaban J connectivity index is 1.82. The van der Waals surface area contributed by atoms with Gasteiger partial charge < -0.3 is 10.6 Å². The van der Waals surface area contributed by atoms with Gasteiger partial charge in [0, 0.05) is 12.0 Å². The molecule has 0 spiro atoms. The molecule has 0 aromatic heterocycles. The van der Waals surface area contributed by atoms with Crippen LogP contribution in [0.15, 0.2) is 0 Å². The SMILES string of the molecule is CC1CC1CNC(=O)C(C)(C)C1CCCNC1. The number of carbonyl (C=O) groups is 1. The lowest BCUT2D eigenvalue weighted by atomic mass is 9.74. The van der Waals surface area contributed by atoms with Gasteiger partial charge in [-0.25, -0.2) is 0 Å². The molecule has 0 aromatic rings. The first-order valence-corrected chi connectivity index (χ1v) is 7.01. The maximum Gasteiger partial charge on any atom is 0.225 e. The summed E-state index contributed by atoms with van der Waals surface area (Å²) in [6.07, 6.45) is 3.65. The van der Waals surface area contributed by atoms with Gasteiger partial charge in [-0.3, -0.25) is 4.79 Å². The summed E-state index contributed by atoms with van der Waals surface area (Å²) >= 11 is 0. The third-order valence-corrected chi connectivity index (χ3v) is 4.70. The second kappa shape index (κ2) is 4.97. The fraction of sp³-hybridized carbons (Fsp3) is 0.929. The van der Waals surface area contributed by atoms with Gasteiger partial charge in [-0.1, -0.05) is 20.8 Å². The summed E-state index contributed by atoms with van der Waals surface area (Å²) in [4.78, 5) is 12.3. The number of piperidine rings is 1. The molecular formula is C14H26N2O. The third kappa shape index (κ3) is 3.01. The first kappa shape index (κ1) is 12.9. The number of hydrogen-bond donors (Lipinski definition) is 2. The number of carbonyl (C=O) groups excluding carboxylic acids is 1. The molecule has 17 heavy (non-hydrogen) atoms. The summed E-state index contributed by atoms with van der Waals surface area (Å²) < 4.78 is 0. The smallest absolute Gasteiger partial charge is 0.225 e. The van der Waals surface area contributed by atoms with Crippen LogP contribution in [0.1, 0.15) is 40.0 Å². The second-order valence-corrected chi connectivity index (χ2v) is 6.45. The number of amides is 1. The Kier molecular flexibility index (Phi) is 3.76. The van der Waals surface area contributed by atoms with Gasteiger partial charge in [0.05, 0.1) is 0 Å². The lowest BCUT2D eigenvalue weighted by Crippen LogP contribution is -2.47. The summed E-state index contributed by atoms with van der Waals surface area (Å²) in [7, 11) is 0. The van der Waals surface area contributed by atoms with Crippen LogP contribution in [0, 0.1) is 23.2 Å². The highest BCUT2D eigenvalue weighted by molar-refractivity contribution is 5.82. The molecule has 2 fully saturated rings. The molecule has 1 saturated heterocycles. The topological polar surface area (TPSA) is 41.1 Å². The molecule has 2 rings (SSSR count). The van der Waals surface area contributed by atoms with Crippen LogP contribution in [-0.4, -0.2) is 25.5 Å². The maximum absolute atomic E-state index is 12.3. The van der Waals surface area contributed by atoms with Crippen molar-refractivity contribution in [3.8, 4) is 0 Å². The second-order valence-electron chi connectivity index (χ2n) is 6.45. The van der Waals surface area contributed by atoms with Gasteiger partial charge in [0.25, 0.3) is 0 Å². The highest BCUT2D eigenvalue weighted by atomic mass is 16.2. The van der Waals surface area contributed by atoms with E-state index in [0.717, 1.165) is 31.5 Å². The third-order valence-electron chi connectivity index (χ3n) is 4.70. The maximum atomic E-state index is 12.3. The van der Waals surface area contributed by atoms with E-state index in [9.17, 15) is 4.79 Å². The Labute approximate surface area is 105 Å². The van der Waals surface area contributed by atoms with Crippen LogP contribution >= 0.6 is 0 Å². The minimum Gasteiger partial charge on any atom is -0.355 e. The number of rotatable bonds is 4. The average Bonchev–Trinajstić information content (AvgIpc) is 3.03. The number of nitrogens with one attached hydrogen (secondary N) is 2. The Morgan fingerprint density at radius 1 is 1.47 bits per heavy atom. The van der Waals surface area contributed by atoms with E-state index < -0.39 is 0 Å². The predicted molar refractivity (Wildman–Crippen MR) is 69.7 cm³/mol. The van der Waals surface area contributed by atoms with Crippen LogP contribution < -0.4 is 10.6 Å². The molecule has 3 unspecified atom stereocenters. The van der Waals surface area contributed by atoms with Crippen molar-refractivity contribution in [2.24, 2.45) is 23.2 Å². The van der Waals surface area contributed by atoms with Gasteiger partial charge in [0.15, 0.2) is 0 Å². The fourth-order valence-corrected chi connectivity index (χ4v) is 2.79. The van der Waals surface area contributed by atoms with Gasteiger partial charge in [0.2, 0.25) is 5.91 Å². The highest BCUT2D eigenvalue weighted by Crippen LogP contribution is 2.37. The average molecular weight is 238 g/mol. The molecule has 1 aliphatic heterocycles. The zero-order valence-corrected chi connectivity index (χ0v) is 11.4. The molecule has 2 aliphatic rings. The molecular weight excluding hydrogens is 212 g/mol. The summed E-state index contributed by atoms with van der Waals surface area (Å²) in [5.74, 6) is 2.27. The molecule has 2 N–H and O–H groups in total. The summed E-state index contributed by atoms with van der Waals surface area (Å²) in [6.45, 7) is 9.41. The quantitative estimate of drug-likeness (QED) is 0.784. The summed E-state index contributed by atoms with van der Waals surface area (Å²) in [5, 5.41) is 6.55. The van der Waals surface area contributed by atoms with Crippen molar-refractivity contribution in [2.45, 2.75) is 40.0 Å². The summed E-state index contributed by atoms with van der Waals surface area (Å²) in [6, 6.07) is 0. The molecule has 1 amide bonds. The lowest BCUT2D eigenvalue weighted by Gasteiger charge is -2.36. The molecule has 3 nitrogen and oxygen atoms in total. The van der Waals surface area contributed by atoms with Crippen LogP contribution in [0.25, 0.3) is 0 Å². The van der Waals surface area contributed by atoms with Crippen molar-refractivity contribution < 1.29 is 4.79 Å². The highest BCUT2D eigenvalue weighted by Gasteiger charge is 2.39. The van der Waals surface area contributed by atoms with E-state index in [2.05, 4.69) is 31.4 Å². The van der Waals surface area contributed by atoms with E-state index in [1.54, 1.807) is 0 Å². The Bertz CT molecular complexity index is 282. The number of hydrogen-bond acceptors (Lipinski definition) is 2. The van der Waals surface area contributed by atoms with Crippen LogP contribution in [0.3, 0.4) is 0 Å². The molecule has 0 bridgehead atoms. The van der Waals surface area contributed by atoms with Gasteiger partial charge in [-0.15, -0.1) is 0 Å². The van der Waals surface area contributed by atoms with Gasteiger partial charge in [-0.05, 0) is 50.1 Å². The van der Waals surface area contributed by atoms with Crippen molar-refractivity contribution in [3.63, 3.8) is 0 Å². The Morgan fingerprint density at radius 2 is 2.18 bits per heavy atom. The molecule has 0 aromatic carbocycles. The fourth-order valence-electron chi connectivity index (χ4n) is 2.79. The molecule has 0 radical (unpaired) electrons. The van der Waals surface area contributed by atoms with Crippen molar-refractivity contribution in [1.82, 2.24) is 10.6 Å². The first-order chi connectivity index (χ1) is 8.01. The lowest BCUT2D eigenvalue weighted by molar-refractivity contribution is -0.132. The van der Waals surface area contributed by atoms with Crippen LogP contribution in [0.4, 0.5) is 0 Å². The van der Waals surface area contributed by atoms with E-state index in [-0.39, 0.29) is 11.3 Å². The zero-order chi connectivity index (χ0) is 12.5. The zero-order valence-electron chi connectivity index (χ0n) is 11.4.